The van der Waals surface area contributed by atoms with Gasteiger partial charge in [0.15, 0.2) is 11.9 Å². The van der Waals surface area contributed by atoms with Crippen molar-refractivity contribution in [1.82, 2.24) is 0 Å². The maximum absolute atomic E-state index is 11.8. The van der Waals surface area contributed by atoms with Crippen LogP contribution in [0.2, 0.25) is 0 Å². The van der Waals surface area contributed by atoms with Gasteiger partial charge in [0.05, 0.1) is 12.2 Å². The van der Waals surface area contributed by atoms with E-state index in [2.05, 4.69) is 0 Å². The first-order valence-electron chi connectivity index (χ1n) is 6.59. The first-order valence-corrected chi connectivity index (χ1v) is 6.59. The Morgan fingerprint density at radius 3 is 2.42 bits per heavy atom. The van der Waals surface area contributed by atoms with Crippen molar-refractivity contribution in [3.05, 3.63) is 29.8 Å². The molecule has 0 fully saturated rings. The highest BCUT2D eigenvalue weighted by atomic mass is 16.6. The lowest BCUT2D eigenvalue weighted by molar-refractivity contribution is -0.151. The Bertz CT molecular complexity index is 440. The molecular formula is C15H20O4. The fraction of sp³-hybridized carbons (Fsp3) is 0.467. The fourth-order valence-corrected chi connectivity index (χ4v) is 1.68. The highest BCUT2D eigenvalue weighted by molar-refractivity contribution is 5.98. The second-order valence-electron chi connectivity index (χ2n) is 4.04. The summed E-state index contributed by atoms with van der Waals surface area (Å²) in [6, 6.07) is 6.96. The van der Waals surface area contributed by atoms with E-state index >= 15 is 0 Å². The van der Waals surface area contributed by atoms with Crippen LogP contribution in [0.4, 0.5) is 0 Å². The van der Waals surface area contributed by atoms with E-state index in [1.165, 1.54) is 0 Å². The summed E-state index contributed by atoms with van der Waals surface area (Å²) in [7, 11) is 0. The van der Waals surface area contributed by atoms with Crippen LogP contribution in [-0.2, 0) is 9.53 Å². The standard InChI is InChI=1S/C15H20O4/c1-4-12(16)11-9-7-8-10-14(11)19-13(5-2)15(17)18-6-3/h7-10,13H,4-6H2,1-3H3. The number of benzene rings is 1. The number of carbonyl (C=O) groups is 2. The highest BCUT2D eigenvalue weighted by Gasteiger charge is 2.21. The van der Waals surface area contributed by atoms with E-state index in [1.54, 1.807) is 38.1 Å². The van der Waals surface area contributed by atoms with Crippen molar-refractivity contribution in [2.45, 2.75) is 39.7 Å². The van der Waals surface area contributed by atoms with Crippen LogP contribution in [0, 0.1) is 0 Å². The monoisotopic (exact) mass is 264 g/mol. The molecule has 1 atom stereocenters. The molecular weight excluding hydrogens is 244 g/mol. The Kier molecular flexibility index (Phi) is 6.06. The van der Waals surface area contributed by atoms with Gasteiger partial charge >= 0.3 is 5.97 Å². The maximum atomic E-state index is 11.8. The summed E-state index contributed by atoms with van der Waals surface area (Å²) in [5, 5.41) is 0. The molecule has 1 unspecified atom stereocenters. The Morgan fingerprint density at radius 1 is 1.16 bits per heavy atom. The smallest absolute Gasteiger partial charge is 0.347 e. The van der Waals surface area contributed by atoms with E-state index in [0.717, 1.165) is 0 Å². The topological polar surface area (TPSA) is 52.6 Å². The number of Topliss-reactive ketones (excluding diaryl/α,β-unsaturated/α-hetero) is 1. The van der Waals surface area contributed by atoms with E-state index in [9.17, 15) is 9.59 Å². The van der Waals surface area contributed by atoms with Gasteiger partial charge in [-0.25, -0.2) is 4.79 Å². The van der Waals surface area contributed by atoms with Crippen LogP contribution in [0.1, 0.15) is 44.0 Å². The molecule has 4 nitrogen and oxygen atoms in total. The molecule has 104 valence electrons. The lowest BCUT2D eigenvalue weighted by Gasteiger charge is -2.17. The van der Waals surface area contributed by atoms with E-state index in [1.807, 2.05) is 6.92 Å². The van der Waals surface area contributed by atoms with Crippen molar-refractivity contribution < 1.29 is 19.1 Å². The van der Waals surface area contributed by atoms with Crippen LogP contribution in [0.15, 0.2) is 24.3 Å². The molecule has 0 radical (unpaired) electrons. The van der Waals surface area contributed by atoms with Gasteiger partial charge in [0.1, 0.15) is 5.75 Å². The van der Waals surface area contributed by atoms with Gasteiger partial charge in [0.2, 0.25) is 0 Å². The zero-order valence-electron chi connectivity index (χ0n) is 11.6. The van der Waals surface area contributed by atoms with Gasteiger partial charge in [-0.2, -0.15) is 0 Å². The average molecular weight is 264 g/mol. The van der Waals surface area contributed by atoms with Crippen LogP contribution in [0.25, 0.3) is 0 Å². The third kappa shape index (κ3) is 4.09. The molecule has 1 rings (SSSR count). The first kappa shape index (κ1) is 15.2. The maximum Gasteiger partial charge on any atom is 0.347 e. The summed E-state index contributed by atoms with van der Waals surface area (Å²) >= 11 is 0. The molecule has 4 heteroatoms. The molecule has 0 amide bonds. The Hall–Kier alpha value is -1.84. The second-order valence-corrected chi connectivity index (χ2v) is 4.04. The van der Waals surface area contributed by atoms with E-state index in [4.69, 9.17) is 9.47 Å². The molecule has 1 aromatic rings. The molecule has 0 aliphatic heterocycles. The predicted molar refractivity (Wildman–Crippen MR) is 72.4 cm³/mol. The summed E-state index contributed by atoms with van der Waals surface area (Å²) in [4.78, 5) is 23.5. The molecule has 1 aromatic carbocycles. The summed E-state index contributed by atoms with van der Waals surface area (Å²) in [6.45, 7) is 5.70. The number of para-hydroxylation sites is 1. The molecule has 0 aliphatic rings. The van der Waals surface area contributed by atoms with Gasteiger partial charge in [-0.1, -0.05) is 26.0 Å². The number of hydrogen-bond acceptors (Lipinski definition) is 4. The quantitative estimate of drug-likeness (QED) is 0.561. The van der Waals surface area contributed by atoms with Crippen LogP contribution in [-0.4, -0.2) is 24.5 Å². The fourth-order valence-electron chi connectivity index (χ4n) is 1.68. The minimum atomic E-state index is -0.675. The number of esters is 1. The Labute approximate surface area is 113 Å². The van der Waals surface area contributed by atoms with Crippen molar-refractivity contribution >= 4 is 11.8 Å². The molecule has 0 bridgehead atoms. The van der Waals surface area contributed by atoms with Crippen molar-refractivity contribution in [2.24, 2.45) is 0 Å². The van der Waals surface area contributed by atoms with Gasteiger partial charge < -0.3 is 9.47 Å². The molecule has 0 aromatic heterocycles. The van der Waals surface area contributed by atoms with Crippen molar-refractivity contribution in [3.63, 3.8) is 0 Å². The largest absolute Gasteiger partial charge is 0.478 e. The van der Waals surface area contributed by atoms with E-state index < -0.39 is 12.1 Å². The van der Waals surface area contributed by atoms with Crippen LogP contribution in [0.3, 0.4) is 0 Å². The zero-order chi connectivity index (χ0) is 14.3. The number of carbonyl (C=O) groups excluding carboxylic acids is 2. The molecule has 0 saturated heterocycles. The molecule has 0 spiro atoms. The first-order chi connectivity index (χ1) is 9.13. The third-order valence-corrected chi connectivity index (χ3v) is 2.70. The molecule has 0 saturated carbocycles. The summed E-state index contributed by atoms with van der Waals surface area (Å²) in [6.07, 6.45) is 0.218. The number of ketones is 1. The van der Waals surface area contributed by atoms with Gasteiger partial charge in [0.25, 0.3) is 0 Å². The van der Waals surface area contributed by atoms with Crippen LogP contribution < -0.4 is 4.74 Å². The molecule has 0 heterocycles. The normalized spacial score (nSPS) is 11.7. The van der Waals surface area contributed by atoms with Gasteiger partial charge in [-0.3, -0.25) is 4.79 Å². The minimum absolute atomic E-state index is 0.00527. The number of rotatable bonds is 7. The molecule has 0 N–H and O–H groups in total. The van der Waals surface area contributed by atoms with E-state index in [-0.39, 0.29) is 5.78 Å². The summed E-state index contributed by atoms with van der Waals surface area (Å²) in [5.41, 5.74) is 0.507. The van der Waals surface area contributed by atoms with Gasteiger partial charge in [-0.15, -0.1) is 0 Å². The van der Waals surface area contributed by atoms with Crippen molar-refractivity contribution in [1.29, 1.82) is 0 Å². The Morgan fingerprint density at radius 2 is 1.84 bits per heavy atom. The molecule has 0 aliphatic carbocycles. The zero-order valence-corrected chi connectivity index (χ0v) is 11.6. The van der Waals surface area contributed by atoms with Crippen LogP contribution >= 0.6 is 0 Å². The lowest BCUT2D eigenvalue weighted by Crippen LogP contribution is -2.29. The lowest BCUT2D eigenvalue weighted by atomic mass is 10.1. The number of ether oxygens (including phenoxy) is 2. The van der Waals surface area contributed by atoms with Gasteiger partial charge in [-0.05, 0) is 25.5 Å². The van der Waals surface area contributed by atoms with Crippen LogP contribution in [0.5, 0.6) is 5.75 Å². The summed E-state index contributed by atoms with van der Waals surface area (Å²) in [5.74, 6) is 0.0346. The van der Waals surface area contributed by atoms with Gasteiger partial charge in [0, 0.05) is 6.42 Å². The van der Waals surface area contributed by atoms with Crippen molar-refractivity contribution in [3.8, 4) is 5.75 Å². The average Bonchev–Trinajstić information content (AvgIpc) is 2.44. The minimum Gasteiger partial charge on any atom is -0.478 e. The second kappa shape index (κ2) is 7.56. The third-order valence-electron chi connectivity index (χ3n) is 2.70. The molecule has 19 heavy (non-hydrogen) atoms. The van der Waals surface area contributed by atoms with E-state index in [0.29, 0.717) is 30.8 Å². The van der Waals surface area contributed by atoms with Crippen molar-refractivity contribution in [2.75, 3.05) is 6.61 Å². The number of hydrogen-bond donors (Lipinski definition) is 0. The summed E-state index contributed by atoms with van der Waals surface area (Å²) < 4.78 is 10.6. The Balaban J connectivity index is 2.91. The SMILES string of the molecule is CCOC(=O)C(CC)Oc1ccccc1C(=O)CC. The predicted octanol–water partition coefficient (Wildman–Crippen LogP) is 3.00. The highest BCUT2D eigenvalue weighted by Crippen LogP contribution is 2.22.